The first-order chi connectivity index (χ1) is 11.6. The highest BCUT2D eigenvalue weighted by Crippen LogP contribution is 2.19. The molecule has 2 rings (SSSR count). The van der Waals surface area contributed by atoms with E-state index in [1.807, 2.05) is 0 Å². The predicted octanol–water partition coefficient (Wildman–Crippen LogP) is -0.458. The largest absolute Gasteiger partial charge is 0.341 e. The van der Waals surface area contributed by atoms with Crippen molar-refractivity contribution >= 4 is 6.03 Å². The SMILES string of the molecule is CNC(=O)N[C@@H]1C[C@@H](CNCC2CCNCC2)N(C[C@@H](C)CN)C1. The number of nitrogens with one attached hydrogen (secondary N) is 4. The van der Waals surface area contributed by atoms with Crippen molar-refractivity contribution in [1.82, 2.24) is 26.2 Å². The zero-order chi connectivity index (χ0) is 17.4. The lowest BCUT2D eigenvalue weighted by Gasteiger charge is -2.28. The normalized spacial score (nSPS) is 27.1. The van der Waals surface area contributed by atoms with Crippen LogP contribution in [0.25, 0.3) is 0 Å². The third-order valence-corrected chi connectivity index (χ3v) is 5.31. The van der Waals surface area contributed by atoms with Crippen molar-refractivity contribution < 1.29 is 4.79 Å². The van der Waals surface area contributed by atoms with Crippen LogP contribution in [0.2, 0.25) is 0 Å². The second-order valence-electron chi connectivity index (χ2n) is 7.46. The highest BCUT2D eigenvalue weighted by atomic mass is 16.2. The zero-order valence-corrected chi connectivity index (χ0v) is 15.3. The van der Waals surface area contributed by atoms with E-state index in [9.17, 15) is 4.79 Å². The lowest BCUT2D eigenvalue weighted by Crippen LogP contribution is -2.43. The van der Waals surface area contributed by atoms with E-state index in [1.54, 1.807) is 7.05 Å². The molecule has 2 aliphatic rings. The van der Waals surface area contributed by atoms with Gasteiger partial charge in [-0.1, -0.05) is 6.92 Å². The molecule has 140 valence electrons. The number of likely N-dealkylation sites (tertiary alicyclic amines) is 1. The highest BCUT2D eigenvalue weighted by Gasteiger charge is 2.33. The summed E-state index contributed by atoms with van der Waals surface area (Å²) in [7, 11) is 1.66. The van der Waals surface area contributed by atoms with E-state index in [4.69, 9.17) is 5.73 Å². The van der Waals surface area contributed by atoms with Gasteiger partial charge in [-0.3, -0.25) is 4.90 Å². The first kappa shape index (κ1) is 19.4. The molecule has 2 saturated heterocycles. The Morgan fingerprint density at radius 1 is 1.33 bits per heavy atom. The molecule has 0 radical (unpaired) electrons. The number of piperidine rings is 1. The van der Waals surface area contributed by atoms with Crippen molar-refractivity contribution in [2.24, 2.45) is 17.6 Å². The molecule has 3 atom stereocenters. The van der Waals surface area contributed by atoms with Gasteiger partial charge in [-0.25, -0.2) is 4.79 Å². The van der Waals surface area contributed by atoms with Gasteiger partial charge < -0.3 is 27.0 Å². The molecule has 0 aromatic rings. The van der Waals surface area contributed by atoms with Crippen LogP contribution in [0.5, 0.6) is 0 Å². The van der Waals surface area contributed by atoms with Crippen molar-refractivity contribution in [3.05, 3.63) is 0 Å². The number of urea groups is 1. The van der Waals surface area contributed by atoms with Gasteiger partial charge in [0.25, 0.3) is 0 Å². The van der Waals surface area contributed by atoms with Crippen LogP contribution < -0.4 is 27.0 Å². The van der Waals surface area contributed by atoms with Gasteiger partial charge in [0.15, 0.2) is 0 Å². The third-order valence-electron chi connectivity index (χ3n) is 5.31. The minimum absolute atomic E-state index is 0.0878. The molecule has 2 aliphatic heterocycles. The van der Waals surface area contributed by atoms with E-state index in [-0.39, 0.29) is 12.1 Å². The van der Waals surface area contributed by atoms with Crippen molar-refractivity contribution in [3.8, 4) is 0 Å². The molecule has 7 nitrogen and oxygen atoms in total. The number of amides is 2. The average Bonchev–Trinajstić information content (AvgIpc) is 2.96. The summed E-state index contributed by atoms with van der Waals surface area (Å²) in [5.41, 5.74) is 5.80. The van der Waals surface area contributed by atoms with Crippen molar-refractivity contribution in [2.45, 2.75) is 38.3 Å². The summed E-state index contributed by atoms with van der Waals surface area (Å²) in [5, 5.41) is 12.8. The number of hydrogen-bond donors (Lipinski definition) is 5. The van der Waals surface area contributed by atoms with Crippen molar-refractivity contribution in [1.29, 1.82) is 0 Å². The van der Waals surface area contributed by atoms with Crippen LogP contribution in [-0.4, -0.2) is 75.9 Å². The first-order valence-electron chi connectivity index (χ1n) is 9.46. The van der Waals surface area contributed by atoms with Gasteiger partial charge in [-0.15, -0.1) is 0 Å². The third kappa shape index (κ3) is 6.20. The Balaban J connectivity index is 1.79. The van der Waals surface area contributed by atoms with Crippen LogP contribution in [0.4, 0.5) is 4.79 Å². The Hall–Kier alpha value is -0.890. The van der Waals surface area contributed by atoms with Crippen molar-refractivity contribution in [2.75, 3.05) is 52.9 Å². The van der Waals surface area contributed by atoms with Gasteiger partial charge in [0.2, 0.25) is 0 Å². The second-order valence-corrected chi connectivity index (χ2v) is 7.46. The molecule has 0 unspecified atom stereocenters. The number of rotatable bonds is 8. The fourth-order valence-corrected chi connectivity index (χ4v) is 3.80. The van der Waals surface area contributed by atoms with E-state index in [1.165, 1.54) is 12.8 Å². The van der Waals surface area contributed by atoms with Crippen LogP contribution in [0.15, 0.2) is 0 Å². The summed E-state index contributed by atoms with van der Waals surface area (Å²) in [6.07, 6.45) is 3.54. The number of carbonyl (C=O) groups excluding carboxylic acids is 1. The Kier molecular flexibility index (Phi) is 8.24. The van der Waals surface area contributed by atoms with Crippen LogP contribution in [0, 0.1) is 11.8 Å². The standard InChI is InChI=1S/C17H36N6O/c1-13(8-18)11-23-12-15(22-17(24)19-2)7-16(23)10-21-9-14-3-5-20-6-4-14/h13-16,20-21H,3-12,18H2,1-2H3,(H2,19,22,24)/t13-,15+,16-/m0/s1. The zero-order valence-electron chi connectivity index (χ0n) is 15.3. The van der Waals surface area contributed by atoms with Gasteiger partial charge >= 0.3 is 6.03 Å². The molecule has 0 spiro atoms. The maximum absolute atomic E-state index is 11.6. The summed E-state index contributed by atoms with van der Waals surface area (Å²) < 4.78 is 0. The van der Waals surface area contributed by atoms with E-state index < -0.39 is 0 Å². The molecule has 0 saturated carbocycles. The monoisotopic (exact) mass is 340 g/mol. The number of hydrogen-bond acceptors (Lipinski definition) is 5. The maximum atomic E-state index is 11.6. The predicted molar refractivity (Wildman–Crippen MR) is 98.0 cm³/mol. The van der Waals surface area contributed by atoms with Crippen LogP contribution in [-0.2, 0) is 0 Å². The fourth-order valence-electron chi connectivity index (χ4n) is 3.80. The summed E-state index contributed by atoms with van der Waals surface area (Å²) in [5.74, 6) is 1.28. The second kappa shape index (κ2) is 10.2. The van der Waals surface area contributed by atoms with Gasteiger partial charge in [-0.2, -0.15) is 0 Å². The van der Waals surface area contributed by atoms with Crippen LogP contribution in [0.1, 0.15) is 26.2 Å². The van der Waals surface area contributed by atoms with E-state index in [0.717, 1.165) is 51.6 Å². The Labute approximate surface area is 146 Å². The molecule has 7 heteroatoms. The van der Waals surface area contributed by atoms with Gasteiger partial charge in [-0.05, 0) is 57.3 Å². The van der Waals surface area contributed by atoms with Crippen molar-refractivity contribution in [3.63, 3.8) is 0 Å². The summed E-state index contributed by atoms with van der Waals surface area (Å²) in [6, 6.07) is 0.610. The lowest BCUT2D eigenvalue weighted by atomic mass is 9.98. The molecule has 2 amide bonds. The minimum atomic E-state index is -0.0878. The van der Waals surface area contributed by atoms with E-state index in [2.05, 4.69) is 33.1 Å². The summed E-state index contributed by atoms with van der Waals surface area (Å²) in [6.45, 7) is 9.21. The molecule has 2 heterocycles. The number of nitrogens with zero attached hydrogens (tertiary/aromatic N) is 1. The topological polar surface area (TPSA) is 94.4 Å². The Morgan fingerprint density at radius 2 is 2.08 bits per heavy atom. The Bertz CT molecular complexity index is 374. The first-order valence-corrected chi connectivity index (χ1v) is 9.46. The molecular weight excluding hydrogens is 304 g/mol. The van der Waals surface area contributed by atoms with Crippen LogP contribution in [0.3, 0.4) is 0 Å². The molecule has 0 bridgehead atoms. The molecule has 0 aliphatic carbocycles. The number of carbonyl (C=O) groups is 1. The van der Waals surface area contributed by atoms with Gasteiger partial charge in [0, 0.05) is 38.8 Å². The smallest absolute Gasteiger partial charge is 0.314 e. The maximum Gasteiger partial charge on any atom is 0.314 e. The van der Waals surface area contributed by atoms with Crippen LogP contribution >= 0.6 is 0 Å². The molecular formula is C17H36N6O. The summed E-state index contributed by atoms with van der Waals surface area (Å²) >= 11 is 0. The quantitative estimate of drug-likeness (QED) is 0.412. The fraction of sp³-hybridized carbons (Fsp3) is 0.941. The van der Waals surface area contributed by atoms with E-state index >= 15 is 0 Å². The molecule has 24 heavy (non-hydrogen) atoms. The lowest BCUT2D eigenvalue weighted by molar-refractivity contribution is 0.211. The van der Waals surface area contributed by atoms with Gasteiger partial charge in [0.1, 0.15) is 0 Å². The molecule has 0 aromatic heterocycles. The summed E-state index contributed by atoms with van der Waals surface area (Å²) in [4.78, 5) is 14.1. The highest BCUT2D eigenvalue weighted by molar-refractivity contribution is 5.73. The minimum Gasteiger partial charge on any atom is -0.341 e. The Morgan fingerprint density at radius 3 is 2.75 bits per heavy atom. The average molecular weight is 341 g/mol. The molecule has 6 N–H and O–H groups in total. The molecule has 0 aromatic carbocycles. The molecule has 2 fully saturated rings. The van der Waals surface area contributed by atoms with E-state index in [0.29, 0.717) is 18.5 Å². The number of nitrogens with two attached hydrogens (primary N) is 1. The van der Waals surface area contributed by atoms with Gasteiger partial charge in [0.05, 0.1) is 0 Å².